The van der Waals surface area contributed by atoms with E-state index in [1.54, 1.807) is 0 Å². The summed E-state index contributed by atoms with van der Waals surface area (Å²) in [5, 5.41) is 7.12. The molecule has 0 aliphatic rings. The van der Waals surface area contributed by atoms with E-state index in [1.807, 2.05) is 18.2 Å². The van der Waals surface area contributed by atoms with Crippen molar-refractivity contribution in [3.05, 3.63) is 42.0 Å². The maximum absolute atomic E-state index is 5.71. The summed E-state index contributed by atoms with van der Waals surface area (Å²) >= 11 is 0. The Balaban J connectivity index is 1.92. The molecule has 5 nitrogen and oxygen atoms in total. The predicted octanol–water partition coefficient (Wildman–Crippen LogP) is 2.39. The van der Waals surface area contributed by atoms with Gasteiger partial charge in [-0.3, -0.25) is 0 Å². The third-order valence-corrected chi connectivity index (χ3v) is 2.60. The Morgan fingerprint density at radius 3 is 2.89 bits per heavy atom. The van der Waals surface area contributed by atoms with E-state index >= 15 is 0 Å². The fourth-order valence-electron chi connectivity index (χ4n) is 1.68. The Hall–Kier alpha value is -1.88. The van der Waals surface area contributed by atoms with Gasteiger partial charge in [0.15, 0.2) is 6.61 Å². The molecule has 102 valence electrons. The lowest BCUT2D eigenvalue weighted by molar-refractivity contribution is 0.283. The van der Waals surface area contributed by atoms with Crippen LogP contribution in [0, 0.1) is 5.92 Å². The number of aromatic nitrogens is 2. The molecule has 0 amide bonds. The molecular weight excluding hydrogens is 242 g/mol. The van der Waals surface area contributed by atoms with Gasteiger partial charge in [-0.05, 0) is 18.5 Å². The molecule has 0 aliphatic heterocycles. The summed E-state index contributed by atoms with van der Waals surface area (Å²) in [6.07, 6.45) is 1.30. The first kappa shape index (κ1) is 13.5. The number of rotatable bonds is 7. The van der Waals surface area contributed by atoms with Gasteiger partial charge in [0.25, 0.3) is 0 Å². The molecule has 0 aliphatic carbocycles. The highest BCUT2D eigenvalue weighted by molar-refractivity contribution is 5.33. The lowest BCUT2D eigenvalue weighted by Gasteiger charge is -2.12. The first-order valence-electron chi connectivity index (χ1n) is 6.42. The molecule has 0 saturated heterocycles. The van der Waals surface area contributed by atoms with E-state index in [4.69, 9.17) is 4.74 Å². The lowest BCUT2D eigenvalue weighted by atomic mass is 10.2. The minimum Gasteiger partial charge on any atom is -0.485 e. The number of benzene rings is 1. The Bertz CT molecular complexity index is 483. The maximum Gasteiger partial charge on any atom is 0.213 e. The SMILES string of the molecule is CC(C)CNCc1ccccc1OCc1ncon1. The van der Waals surface area contributed by atoms with E-state index in [0.29, 0.717) is 18.3 Å². The van der Waals surface area contributed by atoms with E-state index in [2.05, 4.69) is 39.9 Å². The summed E-state index contributed by atoms with van der Waals surface area (Å²) in [6, 6.07) is 7.97. The molecular formula is C14H19N3O2. The Morgan fingerprint density at radius 1 is 1.32 bits per heavy atom. The zero-order chi connectivity index (χ0) is 13.5. The van der Waals surface area contributed by atoms with Crippen LogP contribution in [0.5, 0.6) is 5.75 Å². The van der Waals surface area contributed by atoms with Crippen molar-refractivity contribution < 1.29 is 9.26 Å². The second-order valence-electron chi connectivity index (χ2n) is 4.77. The maximum atomic E-state index is 5.71. The molecule has 2 aromatic rings. The van der Waals surface area contributed by atoms with Crippen LogP contribution in [0.2, 0.25) is 0 Å². The van der Waals surface area contributed by atoms with Crippen LogP contribution in [-0.2, 0) is 13.2 Å². The van der Waals surface area contributed by atoms with Crippen molar-refractivity contribution in [3.8, 4) is 5.75 Å². The summed E-state index contributed by atoms with van der Waals surface area (Å²) in [7, 11) is 0. The van der Waals surface area contributed by atoms with Gasteiger partial charge in [0.2, 0.25) is 12.2 Å². The van der Waals surface area contributed by atoms with E-state index in [9.17, 15) is 0 Å². The van der Waals surface area contributed by atoms with E-state index in [1.165, 1.54) is 6.39 Å². The third kappa shape index (κ3) is 4.37. The molecule has 0 saturated carbocycles. The van der Waals surface area contributed by atoms with E-state index in [-0.39, 0.29) is 0 Å². The van der Waals surface area contributed by atoms with Gasteiger partial charge < -0.3 is 14.6 Å². The number of nitrogens with one attached hydrogen (secondary N) is 1. The zero-order valence-electron chi connectivity index (χ0n) is 11.3. The van der Waals surface area contributed by atoms with Crippen LogP contribution in [0.4, 0.5) is 0 Å². The molecule has 0 unspecified atom stereocenters. The number of para-hydroxylation sites is 1. The highest BCUT2D eigenvalue weighted by Gasteiger charge is 2.05. The van der Waals surface area contributed by atoms with E-state index in [0.717, 1.165) is 24.4 Å². The summed E-state index contributed by atoms with van der Waals surface area (Å²) in [5.41, 5.74) is 1.13. The highest BCUT2D eigenvalue weighted by atomic mass is 16.5. The Kier molecular flexibility index (Phi) is 4.92. The largest absolute Gasteiger partial charge is 0.485 e. The van der Waals surface area contributed by atoms with Crippen molar-refractivity contribution >= 4 is 0 Å². The average Bonchev–Trinajstić information content (AvgIpc) is 2.90. The molecule has 1 heterocycles. The van der Waals surface area contributed by atoms with Crippen molar-refractivity contribution in [1.82, 2.24) is 15.5 Å². The summed E-state index contributed by atoms with van der Waals surface area (Å²) in [4.78, 5) is 3.93. The number of nitrogens with zero attached hydrogens (tertiary/aromatic N) is 2. The molecule has 0 spiro atoms. The first-order chi connectivity index (χ1) is 9.25. The molecule has 1 aromatic heterocycles. The van der Waals surface area contributed by atoms with E-state index < -0.39 is 0 Å². The van der Waals surface area contributed by atoms with Crippen molar-refractivity contribution in [2.45, 2.75) is 27.0 Å². The van der Waals surface area contributed by atoms with Gasteiger partial charge >= 0.3 is 0 Å². The quantitative estimate of drug-likeness (QED) is 0.829. The summed E-state index contributed by atoms with van der Waals surface area (Å²) in [5.74, 6) is 2.03. The number of ether oxygens (including phenoxy) is 1. The molecule has 0 radical (unpaired) electrons. The zero-order valence-corrected chi connectivity index (χ0v) is 11.3. The number of hydrogen-bond donors (Lipinski definition) is 1. The van der Waals surface area contributed by atoms with Crippen LogP contribution in [0.3, 0.4) is 0 Å². The van der Waals surface area contributed by atoms with Crippen molar-refractivity contribution in [1.29, 1.82) is 0 Å². The highest BCUT2D eigenvalue weighted by Crippen LogP contribution is 2.18. The van der Waals surface area contributed by atoms with Crippen LogP contribution in [0.25, 0.3) is 0 Å². The molecule has 1 aromatic carbocycles. The second kappa shape index (κ2) is 6.89. The normalized spacial score (nSPS) is 10.9. The molecule has 0 fully saturated rings. The van der Waals surface area contributed by atoms with Gasteiger partial charge in [-0.1, -0.05) is 37.2 Å². The van der Waals surface area contributed by atoms with Crippen LogP contribution < -0.4 is 10.1 Å². The smallest absolute Gasteiger partial charge is 0.213 e. The van der Waals surface area contributed by atoms with Gasteiger partial charge in [-0.25, -0.2) is 0 Å². The van der Waals surface area contributed by atoms with Gasteiger partial charge in [0.05, 0.1) is 0 Å². The minimum absolute atomic E-state index is 0.317. The fraction of sp³-hybridized carbons (Fsp3) is 0.429. The third-order valence-electron chi connectivity index (χ3n) is 2.60. The molecule has 2 rings (SSSR count). The van der Waals surface area contributed by atoms with Crippen LogP contribution >= 0.6 is 0 Å². The summed E-state index contributed by atoms with van der Waals surface area (Å²) < 4.78 is 10.4. The van der Waals surface area contributed by atoms with Gasteiger partial charge in [0, 0.05) is 12.1 Å². The molecule has 0 bridgehead atoms. The van der Waals surface area contributed by atoms with Gasteiger partial charge in [-0.15, -0.1) is 0 Å². The molecule has 19 heavy (non-hydrogen) atoms. The fourth-order valence-corrected chi connectivity index (χ4v) is 1.68. The van der Waals surface area contributed by atoms with Gasteiger partial charge in [-0.2, -0.15) is 4.98 Å². The first-order valence-corrected chi connectivity index (χ1v) is 6.42. The number of hydrogen-bond acceptors (Lipinski definition) is 5. The monoisotopic (exact) mass is 261 g/mol. The topological polar surface area (TPSA) is 60.2 Å². The van der Waals surface area contributed by atoms with Crippen molar-refractivity contribution in [2.75, 3.05) is 6.54 Å². The molecule has 5 heteroatoms. The Morgan fingerprint density at radius 2 is 2.16 bits per heavy atom. The summed E-state index contributed by atoms with van der Waals surface area (Å²) in [6.45, 7) is 6.47. The lowest BCUT2D eigenvalue weighted by Crippen LogP contribution is -2.19. The molecule has 0 atom stereocenters. The van der Waals surface area contributed by atoms with Crippen LogP contribution in [-0.4, -0.2) is 16.7 Å². The predicted molar refractivity (Wildman–Crippen MR) is 71.6 cm³/mol. The van der Waals surface area contributed by atoms with Crippen LogP contribution in [0.1, 0.15) is 25.2 Å². The Labute approximate surface area is 113 Å². The average molecular weight is 261 g/mol. The van der Waals surface area contributed by atoms with Gasteiger partial charge in [0.1, 0.15) is 5.75 Å². The van der Waals surface area contributed by atoms with Crippen molar-refractivity contribution in [3.63, 3.8) is 0 Å². The standard InChI is InChI=1S/C14H19N3O2/c1-11(2)7-15-8-12-5-3-4-6-13(12)18-9-14-16-10-19-17-14/h3-6,10-11,15H,7-9H2,1-2H3. The minimum atomic E-state index is 0.317. The molecule has 1 N–H and O–H groups in total. The second-order valence-corrected chi connectivity index (χ2v) is 4.77. The van der Waals surface area contributed by atoms with Crippen molar-refractivity contribution in [2.24, 2.45) is 5.92 Å². The van der Waals surface area contributed by atoms with Crippen LogP contribution in [0.15, 0.2) is 35.2 Å².